The van der Waals surface area contributed by atoms with Crippen molar-refractivity contribution in [3.8, 4) is 33.4 Å². The van der Waals surface area contributed by atoms with Crippen molar-refractivity contribution in [2.24, 2.45) is 5.92 Å². The van der Waals surface area contributed by atoms with E-state index in [1.165, 1.54) is 72.6 Å². The zero-order valence-corrected chi connectivity index (χ0v) is 41.1. The largest absolute Gasteiger partial charge is 0.335 e. The van der Waals surface area contributed by atoms with E-state index in [-0.39, 0.29) is 12.0 Å². The Balaban J connectivity index is 1.23. The maximum absolute atomic E-state index is 4.24. The number of anilines is 2. The summed E-state index contributed by atoms with van der Waals surface area (Å²) in [4.78, 5) is 4.99. The van der Waals surface area contributed by atoms with Gasteiger partial charge in [-0.2, -0.15) is 0 Å². The van der Waals surface area contributed by atoms with Crippen LogP contribution in [0, 0.1) is 12.8 Å². The maximum Gasteiger partial charge on any atom is 0.0497 e. The topological polar surface area (TPSA) is 6.48 Å². The second kappa shape index (κ2) is 23.4. The number of hydrogen-bond acceptors (Lipinski definition) is 2. The summed E-state index contributed by atoms with van der Waals surface area (Å²) >= 11 is 0. The van der Waals surface area contributed by atoms with Gasteiger partial charge in [0.1, 0.15) is 0 Å². The summed E-state index contributed by atoms with van der Waals surface area (Å²) in [5, 5.41) is 0. The molecule has 0 radical (unpaired) electrons. The number of rotatable bonds is 15. The van der Waals surface area contributed by atoms with Gasteiger partial charge in [0, 0.05) is 40.1 Å². The van der Waals surface area contributed by atoms with Crippen LogP contribution in [-0.2, 0) is 0 Å². The molecule has 6 aromatic rings. The van der Waals surface area contributed by atoms with E-state index in [4.69, 9.17) is 0 Å². The van der Waals surface area contributed by atoms with Crippen LogP contribution in [0.15, 0.2) is 260 Å². The van der Waals surface area contributed by atoms with Crippen molar-refractivity contribution in [2.45, 2.75) is 66.3 Å². The zero-order valence-electron chi connectivity index (χ0n) is 41.1. The van der Waals surface area contributed by atoms with E-state index in [0.717, 1.165) is 42.8 Å². The number of nitrogens with zero attached hydrogens (tertiary/aromatic N) is 2. The average molecular weight is 899 g/mol. The number of aryl methyl sites for hydroxylation is 1. The fourth-order valence-electron chi connectivity index (χ4n) is 9.74. The summed E-state index contributed by atoms with van der Waals surface area (Å²) in [6.45, 7) is 15.3. The normalized spacial score (nSPS) is 17.0. The van der Waals surface area contributed by atoms with Crippen LogP contribution in [0.1, 0.15) is 70.1 Å². The first-order valence-electron chi connectivity index (χ1n) is 24.7. The lowest BCUT2D eigenvalue weighted by atomic mass is 9.89. The van der Waals surface area contributed by atoms with Crippen LogP contribution in [0.2, 0.25) is 0 Å². The van der Waals surface area contributed by atoms with Crippen molar-refractivity contribution in [1.29, 1.82) is 0 Å². The molecular weight excluding hydrogens is 833 g/mol. The van der Waals surface area contributed by atoms with E-state index in [1.54, 1.807) is 0 Å². The van der Waals surface area contributed by atoms with Gasteiger partial charge in [0.2, 0.25) is 0 Å². The van der Waals surface area contributed by atoms with Crippen molar-refractivity contribution < 1.29 is 0 Å². The molecule has 0 saturated heterocycles. The molecule has 2 nitrogen and oxygen atoms in total. The van der Waals surface area contributed by atoms with Gasteiger partial charge in [-0.05, 0) is 157 Å². The van der Waals surface area contributed by atoms with Crippen molar-refractivity contribution in [2.75, 3.05) is 4.90 Å². The highest BCUT2D eigenvalue weighted by atomic mass is 15.2. The number of allylic oxidation sites excluding steroid dienone is 14. The summed E-state index contributed by atoms with van der Waals surface area (Å²) in [5.74, 6) is 0.166. The lowest BCUT2D eigenvalue weighted by Gasteiger charge is -2.37. The molecule has 8 rings (SSSR count). The molecule has 69 heavy (non-hydrogen) atoms. The van der Waals surface area contributed by atoms with Crippen molar-refractivity contribution in [3.05, 3.63) is 277 Å². The first-order valence-corrected chi connectivity index (χ1v) is 24.7. The third-order valence-electron chi connectivity index (χ3n) is 13.0. The summed E-state index contributed by atoms with van der Waals surface area (Å²) < 4.78 is 0. The van der Waals surface area contributed by atoms with Crippen LogP contribution in [0.4, 0.5) is 11.4 Å². The monoisotopic (exact) mass is 899 g/mol. The molecule has 0 saturated carbocycles. The summed E-state index contributed by atoms with van der Waals surface area (Å²) in [5.41, 5.74) is 19.3. The SMILES string of the molecule is C=C/C=C(\C1=C(CC(C)/C=C(\C=C/C)N(c2ccc(-c3ccccc3)cc2)c2ccc(-c3ccc(-c4ccccc4C)c(/C=C\C)c3)cc2)C/C=C\C=C/C(C)N1C1=CCCC=C1)c1ccccc1. The molecule has 6 aromatic carbocycles. The standard InChI is InChI=1S/C67H66N2/c1-7-24-58-49-57(41-46-65(58)64-36-23-22-27-51(64)5)55-39-44-62(45-40-55)69(61-42-37-54(38-43-61)53-29-15-11-16-30-53)63(25-8-2)48-50(4)47-59-33-19-10-14-28-52(6)68(60-34-20-13-21-35-60)67(59)66(26-9-3)56-31-17-12-18-32-56/h7-12,14-20,22-32,34-46,48-50,52H,3,13,21,33,47H2,1-2,4-6H3/b19-10-,24-7-,25-8-,28-14-,63-48+,66-26-,67-59?. The Kier molecular flexibility index (Phi) is 16.2. The molecule has 0 N–H and O–H groups in total. The van der Waals surface area contributed by atoms with Gasteiger partial charge in [0.05, 0.1) is 0 Å². The first kappa shape index (κ1) is 47.8. The van der Waals surface area contributed by atoms with Crippen LogP contribution in [0.3, 0.4) is 0 Å². The summed E-state index contributed by atoms with van der Waals surface area (Å²) in [6.07, 6.45) is 35.3. The van der Waals surface area contributed by atoms with E-state index in [0.29, 0.717) is 0 Å². The van der Waals surface area contributed by atoms with Gasteiger partial charge < -0.3 is 9.80 Å². The van der Waals surface area contributed by atoms with Crippen LogP contribution < -0.4 is 4.90 Å². The minimum absolute atomic E-state index is 0.117. The molecule has 344 valence electrons. The molecular formula is C67H66N2. The molecule has 0 amide bonds. The third kappa shape index (κ3) is 11.5. The fraction of sp³-hybridized carbons (Fsp3) is 0.164. The molecule has 2 heteroatoms. The Labute approximate surface area is 413 Å². The van der Waals surface area contributed by atoms with Gasteiger partial charge in [-0.1, -0.05) is 208 Å². The Bertz CT molecular complexity index is 2980. The molecule has 0 aromatic heterocycles. The van der Waals surface area contributed by atoms with Gasteiger partial charge in [-0.3, -0.25) is 0 Å². The van der Waals surface area contributed by atoms with Gasteiger partial charge >= 0.3 is 0 Å². The predicted molar refractivity (Wildman–Crippen MR) is 300 cm³/mol. The number of hydrogen-bond donors (Lipinski definition) is 0. The Morgan fingerprint density at radius 1 is 0.710 bits per heavy atom. The van der Waals surface area contributed by atoms with Crippen molar-refractivity contribution in [1.82, 2.24) is 4.90 Å². The van der Waals surface area contributed by atoms with Crippen LogP contribution in [0.25, 0.3) is 45.0 Å². The highest BCUT2D eigenvalue weighted by Gasteiger charge is 2.27. The number of benzene rings is 6. The second-order valence-electron chi connectivity index (χ2n) is 18.1. The predicted octanol–water partition coefficient (Wildman–Crippen LogP) is 18.6. The zero-order chi connectivity index (χ0) is 48.0. The van der Waals surface area contributed by atoms with E-state index in [1.807, 2.05) is 6.08 Å². The molecule has 1 heterocycles. The lowest BCUT2D eigenvalue weighted by molar-refractivity contribution is 0.397. The second-order valence-corrected chi connectivity index (χ2v) is 18.1. The lowest BCUT2D eigenvalue weighted by Crippen LogP contribution is -2.32. The van der Waals surface area contributed by atoms with Gasteiger partial charge in [-0.25, -0.2) is 0 Å². The van der Waals surface area contributed by atoms with Crippen LogP contribution >= 0.6 is 0 Å². The van der Waals surface area contributed by atoms with Crippen molar-refractivity contribution in [3.63, 3.8) is 0 Å². The van der Waals surface area contributed by atoms with Gasteiger partial charge in [-0.15, -0.1) is 0 Å². The van der Waals surface area contributed by atoms with E-state index in [9.17, 15) is 0 Å². The Hall–Kier alpha value is -7.68. The highest BCUT2D eigenvalue weighted by Crippen LogP contribution is 2.41. The molecule has 0 bridgehead atoms. The van der Waals surface area contributed by atoms with Gasteiger partial charge in [0.25, 0.3) is 0 Å². The van der Waals surface area contributed by atoms with E-state index >= 15 is 0 Å². The molecule has 1 aliphatic heterocycles. The first-order chi connectivity index (χ1) is 33.9. The van der Waals surface area contributed by atoms with E-state index < -0.39 is 0 Å². The molecule has 2 unspecified atom stereocenters. The highest BCUT2D eigenvalue weighted by molar-refractivity contribution is 5.83. The summed E-state index contributed by atoms with van der Waals surface area (Å²) in [7, 11) is 0. The molecule has 2 aliphatic rings. The Morgan fingerprint density at radius 3 is 2.01 bits per heavy atom. The minimum Gasteiger partial charge on any atom is -0.335 e. The van der Waals surface area contributed by atoms with Crippen LogP contribution in [0.5, 0.6) is 0 Å². The summed E-state index contributed by atoms with van der Waals surface area (Å²) in [6, 6.07) is 55.2. The minimum atomic E-state index is 0.117. The molecule has 2 atom stereocenters. The maximum atomic E-state index is 4.24. The molecule has 0 fully saturated rings. The quantitative estimate of drug-likeness (QED) is 0.0948. The van der Waals surface area contributed by atoms with Crippen LogP contribution in [-0.4, -0.2) is 10.9 Å². The smallest absolute Gasteiger partial charge is 0.0497 e. The molecule has 0 spiro atoms. The Morgan fingerprint density at radius 2 is 1.36 bits per heavy atom. The molecule has 1 aliphatic carbocycles. The fourth-order valence-corrected chi connectivity index (χ4v) is 9.74. The third-order valence-corrected chi connectivity index (χ3v) is 13.0. The van der Waals surface area contributed by atoms with Crippen molar-refractivity contribution >= 4 is 23.0 Å². The van der Waals surface area contributed by atoms with E-state index in [2.05, 4.69) is 282 Å². The average Bonchev–Trinajstić information content (AvgIpc) is 3.46. The van der Waals surface area contributed by atoms with Gasteiger partial charge in [0.15, 0.2) is 0 Å².